The standard InChI is InChI=1S/C16H21N3O/c1-12(13-5-3-2-4-6-13)19-8-7-14(9-19)16(17)15-10-20-11-18-15/h2-6,10-12,14,16H,7-9,17H2,1H3/t12-,14?,16?/m1/s1. The second kappa shape index (κ2) is 5.77. The van der Waals surface area contributed by atoms with Gasteiger partial charge in [-0.25, -0.2) is 4.98 Å². The van der Waals surface area contributed by atoms with Gasteiger partial charge < -0.3 is 10.2 Å². The Morgan fingerprint density at radius 1 is 1.35 bits per heavy atom. The quantitative estimate of drug-likeness (QED) is 0.929. The lowest BCUT2D eigenvalue weighted by atomic mass is 9.97. The van der Waals surface area contributed by atoms with Gasteiger partial charge in [0.25, 0.3) is 0 Å². The number of nitrogens with zero attached hydrogens (tertiary/aromatic N) is 2. The van der Waals surface area contributed by atoms with Gasteiger partial charge in [0.1, 0.15) is 6.26 Å². The van der Waals surface area contributed by atoms with Crippen LogP contribution in [0.2, 0.25) is 0 Å². The van der Waals surface area contributed by atoms with Crippen molar-refractivity contribution < 1.29 is 4.42 Å². The smallest absolute Gasteiger partial charge is 0.180 e. The van der Waals surface area contributed by atoms with E-state index < -0.39 is 0 Å². The summed E-state index contributed by atoms with van der Waals surface area (Å²) in [7, 11) is 0. The van der Waals surface area contributed by atoms with Gasteiger partial charge in [0, 0.05) is 12.6 Å². The molecule has 0 aliphatic carbocycles. The van der Waals surface area contributed by atoms with E-state index in [-0.39, 0.29) is 6.04 Å². The molecule has 3 atom stereocenters. The molecule has 0 amide bonds. The molecule has 2 heterocycles. The van der Waals surface area contributed by atoms with E-state index in [0.717, 1.165) is 25.2 Å². The monoisotopic (exact) mass is 271 g/mol. The molecular weight excluding hydrogens is 250 g/mol. The summed E-state index contributed by atoms with van der Waals surface area (Å²) >= 11 is 0. The van der Waals surface area contributed by atoms with E-state index in [9.17, 15) is 0 Å². The van der Waals surface area contributed by atoms with Crippen LogP contribution in [0, 0.1) is 5.92 Å². The van der Waals surface area contributed by atoms with Crippen molar-refractivity contribution in [3.8, 4) is 0 Å². The summed E-state index contributed by atoms with van der Waals surface area (Å²) in [5, 5.41) is 0. The lowest BCUT2D eigenvalue weighted by Gasteiger charge is -2.25. The molecule has 0 saturated carbocycles. The Morgan fingerprint density at radius 3 is 2.85 bits per heavy atom. The molecule has 1 aromatic heterocycles. The molecule has 106 valence electrons. The van der Waals surface area contributed by atoms with Crippen LogP contribution in [0.15, 0.2) is 47.4 Å². The van der Waals surface area contributed by atoms with Gasteiger partial charge in [0.2, 0.25) is 0 Å². The molecule has 20 heavy (non-hydrogen) atoms. The number of hydrogen-bond donors (Lipinski definition) is 1. The minimum Gasteiger partial charge on any atom is -0.451 e. The zero-order chi connectivity index (χ0) is 13.9. The Kier molecular flexibility index (Phi) is 3.85. The number of rotatable bonds is 4. The summed E-state index contributed by atoms with van der Waals surface area (Å²) in [6, 6.07) is 11.0. The first-order valence-corrected chi connectivity index (χ1v) is 7.18. The van der Waals surface area contributed by atoms with Gasteiger partial charge in [-0.05, 0) is 31.4 Å². The minimum absolute atomic E-state index is 0.0262. The fourth-order valence-electron chi connectivity index (χ4n) is 3.03. The molecule has 3 rings (SSSR count). The van der Waals surface area contributed by atoms with Crippen LogP contribution in [0.4, 0.5) is 0 Å². The zero-order valence-electron chi connectivity index (χ0n) is 11.8. The Morgan fingerprint density at radius 2 is 2.15 bits per heavy atom. The van der Waals surface area contributed by atoms with Gasteiger partial charge in [-0.2, -0.15) is 0 Å². The molecule has 2 aromatic rings. The first kappa shape index (κ1) is 13.3. The van der Waals surface area contributed by atoms with Gasteiger partial charge in [-0.15, -0.1) is 0 Å². The minimum atomic E-state index is -0.0262. The van der Waals surface area contributed by atoms with E-state index in [0.29, 0.717) is 12.0 Å². The van der Waals surface area contributed by atoms with Crippen LogP contribution in [0.25, 0.3) is 0 Å². The van der Waals surface area contributed by atoms with Crippen LogP contribution >= 0.6 is 0 Å². The Labute approximate surface area is 119 Å². The number of benzene rings is 1. The summed E-state index contributed by atoms with van der Waals surface area (Å²) < 4.78 is 5.03. The Bertz CT molecular complexity index is 526. The lowest BCUT2D eigenvalue weighted by Crippen LogP contribution is -2.28. The molecule has 0 bridgehead atoms. The zero-order valence-corrected chi connectivity index (χ0v) is 11.8. The van der Waals surface area contributed by atoms with E-state index >= 15 is 0 Å². The normalized spacial score (nSPS) is 22.8. The predicted molar refractivity (Wildman–Crippen MR) is 78.0 cm³/mol. The summed E-state index contributed by atoms with van der Waals surface area (Å²) in [6.45, 7) is 4.37. The Balaban J connectivity index is 1.65. The van der Waals surface area contributed by atoms with Gasteiger partial charge in [-0.3, -0.25) is 4.90 Å². The molecule has 1 aliphatic rings. The van der Waals surface area contributed by atoms with Crippen molar-refractivity contribution in [2.75, 3.05) is 13.1 Å². The van der Waals surface area contributed by atoms with E-state index in [1.165, 1.54) is 12.0 Å². The van der Waals surface area contributed by atoms with Crippen LogP contribution in [-0.2, 0) is 0 Å². The van der Waals surface area contributed by atoms with Crippen molar-refractivity contribution in [2.24, 2.45) is 11.7 Å². The summed E-state index contributed by atoms with van der Waals surface area (Å²) in [6.07, 6.45) is 4.23. The fraction of sp³-hybridized carbons (Fsp3) is 0.438. The molecule has 0 spiro atoms. The SMILES string of the molecule is C[C@H](c1ccccc1)N1CCC(C(N)c2cocn2)C1. The summed E-state index contributed by atoms with van der Waals surface area (Å²) in [5.74, 6) is 0.450. The number of likely N-dealkylation sites (tertiary alicyclic amines) is 1. The van der Waals surface area contributed by atoms with Crippen molar-refractivity contribution in [3.63, 3.8) is 0 Å². The number of oxazole rings is 1. The van der Waals surface area contributed by atoms with Gasteiger partial charge >= 0.3 is 0 Å². The Hall–Kier alpha value is -1.65. The molecule has 1 fully saturated rings. The number of aromatic nitrogens is 1. The average molecular weight is 271 g/mol. The van der Waals surface area contributed by atoms with Crippen LogP contribution in [-0.4, -0.2) is 23.0 Å². The second-order valence-electron chi connectivity index (χ2n) is 5.57. The molecule has 4 heteroatoms. The first-order chi connectivity index (χ1) is 9.75. The maximum Gasteiger partial charge on any atom is 0.180 e. The highest BCUT2D eigenvalue weighted by Crippen LogP contribution is 2.32. The molecule has 0 radical (unpaired) electrons. The highest BCUT2D eigenvalue weighted by Gasteiger charge is 2.31. The van der Waals surface area contributed by atoms with Gasteiger partial charge in [0.05, 0.1) is 11.7 Å². The van der Waals surface area contributed by atoms with Crippen LogP contribution in [0.1, 0.15) is 36.7 Å². The van der Waals surface area contributed by atoms with Crippen molar-refractivity contribution in [2.45, 2.75) is 25.4 Å². The molecule has 2 N–H and O–H groups in total. The lowest BCUT2D eigenvalue weighted by molar-refractivity contribution is 0.246. The third-order valence-corrected chi connectivity index (χ3v) is 4.39. The van der Waals surface area contributed by atoms with E-state index in [2.05, 4.69) is 47.1 Å². The largest absolute Gasteiger partial charge is 0.451 e. The van der Waals surface area contributed by atoms with Gasteiger partial charge in [0.15, 0.2) is 6.39 Å². The van der Waals surface area contributed by atoms with Crippen LogP contribution in [0.3, 0.4) is 0 Å². The number of nitrogens with two attached hydrogens (primary N) is 1. The molecule has 1 saturated heterocycles. The predicted octanol–water partition coefficient (Wildman–Crippen LogP) is 2.76. The van der Waals surface area contributed by atoms with Crippen LogP contribution < -0.4 is 5.73 Å². The van der Waals surface area contributed by atoms with Crippen molar-refractivity contribution >= 4 is 0 Å². The highest BCUT2D eigenvalue weighted by atomic mass is 16.3. The maximum absolute atomic E-state index is 6.30. The van der Waals surface area contributed by atoms with Crippen molar-refractivity contribution in [3.05, 3.63) is 54.2 Å². The molecule has 4 nitrogen and oxygen atoms in total. The molecular formula is C16H21N3O. The fourth-order valence-corrected chi connectivity index (χ4v) is 3.03. The van der Waals surface area contributed by atoms with E-state index in [1.807, 2.05) is 0 Å². The topological polar surface area (TPSA) is 55.3 Å². The maximum atomic E-state index is 6.30. The first-order valence-electron chi connectivity index (χ1n) is 7.18. The highest BCUT2D eigenvalue weighted by molar-refractivity contribution is 5.18. The molecule has 1 aromatic carbocycles. The van der Waals surface area contributed by atoms with Crippen molar-refractivity contribution in [1.29, 1.82) is 0 Å². The summed E-state index contributed by atoms with van der Waals surface area (Å²) in [5.41, 5.74) is 8.53. The third kappa shape index (κ3) is 2.62. The summed E-state index contributed by atoms with van der Waals surface area (Å²) in [4.78, 5) is 6.68. The molecule has 2 unspecified atom stereocenters. The third-order valence-electron chi connectivity index (χ3n) is 4.39. The average Bonchev–Trinajstić information content (AvgIpc) is 3.18. The van der Waals surface area contributed by atoms with Crippen LogP contribution in [0.5, 0.6) is 0 Å². The molecule has 1 aliphatic heterocycles. The van der Waals surface area contributed by atoms with Crippen molar-refractivity contribution in [1.82, 2.24) is 9.88 Å². The van der Waals surface area contributed by atoms with E-state index in [1.54, 1.807) is 6.26 Å². The number of hydrogen-bond acceptors (Lipinski definition) is 4. The van der Waals surface area contributed by atoms with E-state index in [4.69, 9.17) is 10.2 Å². The second-order valence-corrected chi connectivity index (χ2v) is 5.57. The van der Waals surface area contributed by atoms with Gasteiger partial charge in [-0.1, -0.05) is 30.3 Å².